The van der Waals surface area contributed by atoms with Crippen LogP contribution in [0.2, 0.25) is 0 Å². The lowest BCUT2D eigenvalue weighted by Gasteiger charge is -2.09. The molecule has 0 saturated heterocycles. The highest BCUT2D eigenvalue weighted by atomic mass is 16.2. The number of carbonyl (C=O) groups is 1. The molecule has 0 spiro atoms. The highest BCUT2D eigenvalue weighted by Crippen LogP contribution is 2.07. The lowest BCUT2D eigenvalue weighted by atomic mass is 10.2. The van der Waals surface area contributed by atoms with Gasteiger partial charge in [-0.1, -0.05) is 6.07 Å². The van der Waals surface area contributed by atoms with Crippen LogP contribution in [0.3, 0.4) is 0 Å². The maximum atomic E-state index is 11.2. The fourth-order valence-electron chi connectivity index (χ4n) is 1.14. The molecule has 1 rings (SSSR count). The largest absolute Gasteiger partial charge is 0.384 e. The molecule has 0 bridgehead atoms. The smallest absolute Gasteiger partial charge is 0.236 e. The monoisotopic (exact) mass is 208 g/mol. The number of rotatable bonds is 3. The number of nitrogen functional groups attached to an aromatic ring is 1. The maximum Gasteiger partial charge on any atom is 0.236 e. The van der Waals surface area contributed by atoms with Gasteiger partial charge in [0.2, 0.25) is 5.91 Å². The number of nitrogens with one attached hydrogen (secondary N) is 1. The normalized spacial score (nSPS) is 12.2. The molecule has 82 valence electrons. The van der Waals surface area contributed by atoms with Crippen molar-refractivity contribution in [2.24, 2.45) is 5.73 Å². The van der Waals surface area contributed by atoms with E-state index in [1.54, 1.807) is 13.0 Å². The predicted octanol–water partition coefficient (Wildman–Crippen LogP) is -0.0644. The number of carbonyl (C=O) groups excluding carboxylic acids is 1. The van der Waals surface area contributed by atoms with Crippen molar-refractivity contribution in [1.82, 2.24) is 10.3 Å². The van der Waals surface area contributed by atoms with Crippen LogP contribution in [0, 0.1) is 6.92 Å². The SMILES string of the molecule is Cc1nc(N)ccc1CNC(=O)C(C)N. The van der Waals surface area contributed by atoms with Crippen LogP contribution in [-0.2, 0) is 11.3 Å². The van der Waals surface area contributed by atoms with Gasteiger partial charge >= 0.3 is 0 Å². The van der Waals surface area contributed by atoms with Gasteiger partial charge in [-0.25, -0.2) is 4.98 Å². The average Bonchev–Trinajstić information content (AvgIpc) is 2.15. The number of aryl methyl sites for hydroxylation is 1. The Morgan fingerprint density at radius 3 is 2.80 bits per heavy atom. The van der Waals surface area contributed by atoms with Crippen molar-refractivity contribution in [3.63, 3.8) is 0 Å². The molecular formula is C10H16N4O. The molecular weight excluding hydrogens is 192 g/mol. The van der Waals surface area contributed by atoms with E-state index >= 15 is 0 Å². The van der Waals surface area contributed by atoms with E-state index in [2.05, 4.69) is 10.3 Å². The van der Waals surface area contributed by atoms with Crippen molar-refractivity contribution in [3.8, 4) is 0 Å². The minimum atomic E-state index is -0.493. The van der Waals surface area contributed by atoms with Gasteiger partial charge in [0.15, 0.2) is 0 Å². The molecule has 0 aliphatic carbocycles. The predicted molar refractivity (Wildman–Crippen MR) is 58.9 cm³/mol. The van der Waals surface area contributed by atoms with Gasteiger partial charge in [0, 0.05) is 12.2 Å². The van der Waals surface area contributed by atoms with Gasteiger partial charge in [-0.05, 0) is 25.5 Å². The molecule has 0 aliphatic heterocycles. The third kappa shape index (κ3) is 3.21. The molecule has 1 heterocycles. The van der Waals surface area contributed by atoms with Gasteiger partial charge in [-0.3, -0.25) is 4.79 Å². The second-order valence-corrected chi connectivity index (χ2v) is 3.49. The highest BCUT2D eigenvalue weighted by Gasteiger charge is 2.07. The Morgan fingerprint density at radius 1 is 1.60 bits per heavy atom. The summed E-state index contributed by atoms with van der Waals surface area (Å²) >= 11 is 0. The van der Waals surface area contributed by atoms with Crippen molar-refractivity contribution < 1.29 is 4.79 Å². The minimum Gasteiger partial charge on any atom is -0.384 e. The number of aromatic nitrogens is 1. The summed E-state index contributed by atoms with van der Waals surface area (Å²) in [6, 6.07) is 3.06. The summed E-state index contributed by atoms with van der Waals surface area (Å²) in [5.74, 6) is 0.306. The molecule has 0 aliphatic rings. The summed E-state index contributed by atoms with van der Waals surface area (Å²) in [7, 11) is 0. The Kier molecular flexibility index (Phi) is 3.62. The summed E-state index contributed by atoms with van der Waals surface area (Å²) in [4.78, 5) is 15.3. The van der Waals surface area contributed by atoms with Crippen LogP contribution in [-0.4, -0.2) is 16.9 Å². The van der Waals surface area contributed by atoms with Crippen LogP contribution in [0.1, 0.15) is 18.2 Å². The molecule has 5 heteroatoms. The Bertz CT molecular complexity index is 362. The molecule has 0 fully saturated rings. The quantitative estimate of drug-likeness (QED) is 0.648. The number of hydrogen-bond donors (Lipinski definition) is 3. The molecule has 1 amide bonds. The molecule has 1 unspecified atom stereocenters. The molecule has 1 aromatic heterocycles. The Morgan fingerprint density at radius 2 is 2.27 bits per heavy atom. The Hall–Kier alpha value is -1.62. The summed E-state index contributed by atoms with van der Waals surface area (Å²) in [5.41, 5.74) is 12.7. The van der Waals surface area contributed by atoms with Crippen LogP contribution in [0.4, 0.5) is 5.82 Å². The first-order chi connectivity index (χ1) is 7.00. The maximum absolute atomic E-state index is 11.2. The van der Waals surface area contributed by atoms with E-state index in [-0.39, 0.29) is 5.91 Å². The fourth-order valence-corrected chi connectivity index (χ4v) is 1.14. The van der Waals surface area contributed by atoms with Gasteiger partial charge in [-0.15, -0.1) is 0 Å². The van der Waals surface area contributed by atoms with Gasteiger partial charge in [0.25, 0.3) is 0 Å². The van der Waals surface area contributed by atoms with Crippen LogP contribution >= 0.6 is 0 Å². The van der Waals surface area contributed by atoms with Gasteiger partial charge < -0.3 is 16.8 Å². The van der Waals surface area contributed by atoms with Crippen molar-refractivity contribution in [2.45, 2.75) is 26.4 Å². The van der Waals surface area contributed by atoms with Crippen molar-refractivity contribution in [3.05, 3.63) is 23.4 Å². The lowest BCUT2D eigenvalue weighted by Crippen LogP contribution is -2.37. The summed E-state index contributed by atoms with van der Waals surface area (Å²) < 4.78 is 0. The molecule has 15 heavy (non-hydrogen) atoms. The first kappa shape index (κ1) is 11.5. The second-order valence-electron chi connectivity index (χ2n) is 3.49. The van der Waals surface area contributed by atoms with Crippen LogP contribution in [0.5, 0.6) is 0 Å². The number of nitrogens with zero attached hydrogens (tertiary/aromatic N) is 1. The van der Waals surface area contributed by atoms with Crippen molar-refractivity contribution in [2.75, 3.05) is 5.73 Å². The average molecular weight is 208 g/mol. The number of hydrogen-bond acceptors (Lipinski definition) is 4. The zero-order chi connectivity index (χ0) is 11.4. The molecule has 5 nitrogen and oxygen atoms in total. The topological polar surface area (TPSA) is 94.0 Å². The standard InChI is InChI=1S/C10H16N4O/c1-6(11)10(15)13-5-8-3-4-9(12)14-7(8)2/h3-4,6H,5,11H2,1-2H3,(H2,12,14)(H,13,15). The number of anilines is 1. The molecule has 1 atom stereocenters. The first-order valence-electron chi connectivity index (χ1n) is 4.76. The highest BCUT2D eigenvalue weighted by molar-refractivity contribution is 5.80. The molecule has 0 radical (unpaired) electrons. The van der Waals surface area contributed by atoms with Crippen LogP contribution in [0.15, 0.2) is 12.1 Å². The van der Waals surface area contributed by atoms with E-state index in [1.165, 1.54) is 0 Å². The van der Waals surface area contributed by atoms with Crippen LogP contribution in [0.25, 0.3) is 0 Å². The van der Waals surface area contributed by atoms with Crippen LogP contribution < -0.4 is 16.8 Å². The lowest BCUT2D eigenvalue weighted by molar-refractivity contribution is -0.122. The van der Waals surface area contributed by atoms with Gasteiger partial charge in [0.05, 0.1) is 6.04 Å². The van der Waals surface area contributed by atoms with E-state index in [4.69, 9.17) is 11.5 Å². The second kappa shape index (κ2) is 4.75. The van der Waals surface area contributed by atoms with E-state index in [0.29, 0.717) is 12.4 Å². The van der Waals surface area contributed by atoms with Crippen molar-refractivity contribution in [1.29, 1.82) is 0 Å². The number of amides is 1. The summed E-state index contributed by atoms with van der Waals surface area (Å²) in [6.45, 7) is 3.92. The van der Waals surface area contributed by atoms with Gasteiger partial charge in [0.1, 0.15) is 5.82 Å². The minimum absolute atomic E-state index is 0.175. The fraction of sp³-hybridized carbons (Fsp3) is 0.400. The number of pyridine rings is 1. The third-order valence-electron chi connectivity index (χ3n) is 2.08. The Labute approximate surface area is 88.9 Å². The Balaban J connectivity index is 2.62. The van der Waals surface area contributed by atoms with E-state index < -0.39 is 6.04 Å². The third-order valence-corrected chi connectivity index (χ3v) is 2.08. The molecule has 1 aromatic rings. The van der Waals surface area contributed by atoms with E-state index in [9.17, 15) is 4.79 Å². The molecule has 0 saturated carbocycles. The zero-order valence-electron chi connectivity index (χ0n) is 8.95. The molecule has 5 N–H and O–H groups in total. The first-order valence-corrected chi connectivity index (χ1v) is 4.76. The van der Waals surface area contributed by atoms with Crippen molar-refractivity contribution >= 4 is 11.7 Å². The zero-order valence-corrected chi connectivity index (χ0v) is 8.95. The molecule has 0 aromatic carbocycles. The number of nitrogens with two attached hydrogens (primary N) is 2. The van der Waals surface area contributed by atoms with E-state index in [0.717, 1.165) is 11.3 Å². The van der Waals surface area contributed by atoms with E-state index in [1.807, 2.05) is 13.0 Å². The summed E-state index contributed by atoms with van der Waals surface area (Å²) in [6.07, 6.45) is 0. The summed E-state index contributed by atoms with van der Waals surface area (Å²) in [5, 5.41) is 2.71. The van der Waals surface area contributed by atoms with Gasteiger partial charge in [-0.2, -0.15) is 0 Å².